The van der Waals surface area contributed by atoms with E-state index in [0.29, 0.717) is 5.75 Å². The van der Waals surface area contributed by atoms with Gasteiger partial charge in [-0.05, 0) is 38.1 Å². The fraction of sp³-hybridized carbons (Fsp3) is 0.357. The number of hydrogen-bond donors (Lipinski definition) is 4. The van der Waals surface area contributed by atoms with E-state index in [1.165, 1.54) is 36.7 Å². The maximum Gasteiger partial charge on any atom is 0.264 e. The molecule has 0 heterocycles. The molecule has 9 heteroatoms. The number of sulfonamides is 1. The number of nitrogens with one attached hydrogen (secondary N) is 2. The zero-order chi connectivity index (χ0) is 17.5. The largest absolute Gasteiger partial charge is 0.481 e. The highest BCUT2D eigenvalue weighted by atomic mass is 32.2. The zero-order valence-electron chi connectivity index (χ0n) is 12.6. The lowest BCUT2D eigenvalue weighted by molar-refractivity contribution is -0.133. The summed E-state index contributed by atoms with van der Waals surface area (Å²) in [6.07, 6.45) is -1.34. The maximum absolute atomic E-state index is 12.2. The summed E-state index contributed by atoms with van der Waals surface area (Å²) in [5.74, 6) is 4.73. The molecule has 1 aromatic rings. The van der Waals surface area contributed by atoms with Crippen molar-refractivity contribution in [3.63, 3.8) is 0 Å². The molecule has 0 aromatic heterocycles. The molecule has 1 amide bonds. The second-order valence-electron chi connectivity index (χ2n) is 4.50. The molecule has 0 spiro atoms. The van der Waals surface area contributed by atoms with Crippen LogP contribution < -0.4 is 14.9 Å². The van der Waals surface area contributed by atoms with E-state index in [-0.39, 0.29) is 11.5 Å². The minimum Gasteiger partial charge on any atom is -0.481 e. The van der Waals surface area contributed by atoms with Crippen molar-refractivity contribution >= 4 is 15.9 Å². The maximum atomic E-state index is 12.2. The van der Waals surface area contributed by atoms with Gasteiger partial charge in [-0.15, -0.1) is 5.92 Å². The Hall–Kier alpha value is -2.12. The number of ether oxygens (including phenoxy) is 1. The molecule has 1 aromatic carbocycles. The summed E-state index contributed by atoms with van der Waals surface area (Å²) in [6.45, 7) is 3.07. The van der Waals surface area contributed by atoms with E-state index in [9.17, 15) is 18.3 Å². The molecular formula is C14H18N2O6S. The average Bonchev–Trinajstić information content (AvgIpc) is 2.52. The molecule has 0 aliphatic rings. The molecule has 0 aliphatic heterocycles. The first-order valence-electron chi connectivity index (χ1n) is 6.58. The highest BCUT2D eigenvalue weighted by Crippen LogP contribution is 2.16. The van der Waals surface area contributed by atoms with E-state index in [1.54, 1.807) is 6.92 Å². The van der Waals surface area contributed by atoms with Gasteiger partial charge in [0, 0.05) is 0 Å². The van der Waals surface area contributed by atoms with Crippen LogP contribution in [0.5, 0.6) is 5.75 Å². The number of aliphatic hydroxyl groups excluding tert-OH is 1. The van der Waals surface area contributed by atoms with Crippen LogP contribution in [-0.4, -0.2) is 43.4 Å². The number of hydrogen-bond acceptors (Lipinski definition) is 6. The van der Waals surface area contributed by atoms with Crippen molar-refractivity contribution in [2.24, 2.45) is 0 Å². The fourth-order valence-corrected chi connectivity index (χ4v) is 2.85. The first-order chi connectivity index (χ1) is 10.8. The molecule has 0 fully saturated rings. The Morgan fingerprint density at radius 3 is 2.43 bits per heavy atom. The molecule has 8 nitrogen and oxygen atoms in total. The van der Waals surface area contributed by atoms with Crippen LogP contribution in [0.25, 0.3) is 0 Å². The number of carbonyl (C=O) groups excluding carboxylic acids is 1. The number of aliphatic hydroxyl groups is 1. The molecule has 126 valence electrons. The fourth-order valence-electron chi connectivity index (χ4n) is 1.58. The summed E-state index contributed by atoms with van der Waals surface area (Å²) in [6, 6.07) is 3.92. The van der Waals surface area contributed by atoms with Gasteiger partial charge in [-0.2, -0.15) is 4.72 Å². The van der Waals surface area contributed by atoms with Crippen LogP contribution in [-0.2, 0) is 14.8 Å². The van der Waals surface area contributed by atoms with Crippen molar-refractivity contribution in [3.05, 3.63) is 24.3 Å². The van der Waals surface area contributed by atoms with Crippen LogP contribution in [0, 0.1) is 11.8 Å². The Morgan fingerprint density at radius 2 is 1.96 bits per heavy atom. The number of amides is 1. The number of rotatable bonds is 7. The third kappa shape index (κ3) is 5.54. The second kappa shape index (κ2) is 8.50. The normalized spacial score (nSPS) is 13.4. The second-order valence-corrected chi connectivity index (χ2v) is 6.22. The molecule has 4 N–H and O–H groups in total. The first-order valence-corrected chi connectivity index (χ1v) is 8.07. The molecule has 0 aliphatic carbocycles. The van der Waals surface area contributed by atoms with Crippen LogP contribution in [0.3, 0.4) is 0 Å². The third-order valence-electron chi connectivity index (χ3n) is 2.78. The quantitative estimate of drug-likeness (QED) is 0.304. The van der Waals surface area contributed by atoms with Gasteiger partial charge in [-0.1, -0.05) is 5.92 Å². The van der Waals surface area contributed by atoms with Crippen LogP contribution in [0.4, 0.5) is 0 Å². The van der Waals surface area contributed by atoms with Gasteiger partial charge in [-0.25, -0.2) is 13.9 Å². The molecule has 1 rings (SSSR count). The zero-order valence-corrected chi connectivity index (χ0v) is 13.4. The van der Waals surface area contributed by atoms with E-state index in [0.717, 1.165) is 0 Å². The SMILES string of the molecule is CC#CCOc1ccc(S(=O)(=O)N[C@H](C(=O)NO)C(C)O)cc1. The Kier molecular flexibility index (Phi) is 6.99. The Balaban J connectivity index is 2.90. The van der Waals surface area contributed by atoms with Gasteiger partial charge >= 0.3 is 0 Å². The van der Waals surface area contributed by atoms with Crippen molar-refractivity contribution in [1.29, 1.82) is 0 Å². The van der Waals surface area contributed by atoms with Gasteiger partial charge in [0.2, 0.25) is 10.0 Å². The monoisotopic (exact) mass is 342 g/mol. The molecule has 0 saturated heterocycles. The summed E-state index contributed by atoms with van der Waals surface area (Å²) in [4.78, 5) is 11.3. The standard InChI is InChI=1S/C14H18N2O6S/c1-3-4-9-22-11-5-7-12(8-6-11)23(20,21)16-13(10(2)17)14(18)15-19/h5-8,10,13,16-17,19H,9H2,1-2H3,(H,15,18)/t10?,13-/m0/s1. The summed E-state index contributed by atoms with van der Waals surface area (Å²) < 4.78 is 31.7. The summed E-state index contributed by atoms with van der Waals surface area (Å²) in [5, 5.41) is 18.0. The Labute approximate surface area is 134 Å². The first kappa shape index (κ1) is 18.9. The molecule has 0 bridgehead atoms. The van der Waals surface area contributed by atoms with E-state index < -0.39 is 28.1 Å². The van der Waals surface area contributed by atoms with E-state index in [4.69, 9.17) is 9.94 Å². The van der Waals surface area contributed by atoms with Gasteiger partial charge in [0.1, 0.15) is 18.4 Å². The topological polar surface area (TPSA) is 125 Å². The van der Waals surface area contributed by atoms with Gasteiger partial charge in [0.25, 0.3) is 5.91 Å². The molecule has 2 atom stereocenters. The van der Waals surface area contributed by atoms with Crippen molar-refractivity contribution in [3.8, 4) is 17.6 Å². The van der Waals surface area contributed by atoms with Gasteiger partial charge in [0.15, 0.2) is 0 Å². The average molecular weight is 342 g/mol. The van der Waals surface area contributed by atoms with Crippen molar-refractivity contribution < 1.29 is 28.3 Å². The predicted octanol–water partition coefficient (Wildman–Crippen LogP) is -0.378. The minimum atomic E-state index is -4.07. The lowest BCUT2D eigenvalue weighted by Gasteiger charge is -2.19. The lowest BCUT2D eigenvalue weighted by atomic mass is 10.2. The highest BCUT2D eigenvalue weighted by Gasteiger charge is 2.29. The van der Waals surface area contributed by atoms with Crippen molar-refractivity contribution in [2.75, 3.05) is 6.61 Å². The molecule has 23 heavy (non-hydrogen) atoms. The van der Waals surface area contributed by atoms with Crippen molar-refractivity contribution in [1.82, 2.24) is 10.2 Å². The third-order valence-corrected chi connectivity index (χ3v) is 4.24. The van der Waals surface area contributed by atoms with Crippen LogP contribution >= 0.6 is 0 Å². The van der Waals surface area contributed by atoms with E-state index in [2.05, 4.69) is 11.8 Å². The number of benzene rings is 1. The molecular weight excluding hydrogens is 324 g/mol. The Bertz CT molecular complexity index is 688. The van der Waals surface area contributed by atoms with E-state index >= 15 is 0 Å². The molecule has 0 saturated carbocycles. The summed E-state index contributed by atoms with van der Waals surface area (Å²) in [7, 11) is -4.07. The highest BCUT2D eigenvalue weighted by molar-refractivity contribution is 7.89. The number of carbonyl (C=O) groups is 1. The van der Waals surface area contributed by atoms with Crippen LogP contribution in [0.1, 0.15) is 13.8 Å². The summed E-state index contributed by atoms with van der Waals surface area (Å²) in [5.41, 5.74) is 1.30. The summed E-state index contributed by atoms with van der Waals surface area (Å²) >= 11 is 0. The van der Waals surface area contributed by atoms with Crippen LogP contribution in [0.15, 0.2) is 29.2 Å². The van der Waals surface area contributed by atoms with Crippen molar-refractivity contribution in [2.45, 2.75) is 30.9 Å². The van der Waals surface area contributed by atoms with Gasteiger partial charge < -0.3 is 9.84 Å². The number of hydroxylamine groups is 1. The Morgan fingerprint density at radius 1 is 1.35 bits per heavy atom. The lowest BCUT2D eigenvalue weighted by Crippen LogP contribution is -2.51. The van der Waals surface area contributed by atoms with Gasteiger partial charge in [0.05, 0.1) is 11.0 Å². The smallest absolute Gasteiger partial charge is 0.264 e. The van der Waals surface area contributed by atoms with Gasteiger partial charge in [-0.3, -0.25) is 10.0 Å². The van der Waals surface area contributed by atoms with E-state index in [1.807, 2.05) is 4.72 Å². The molecule has 1 unspecified atom stereocenters. The molecule has 0 radical (unpaired) electrons. The minimum absolute atomic E-state index is 0.122. The predicted molar refractivity (Wildman–Crippen MR) is 81.1 cm³/mol. The van der Waals surface area contributed by atoms with Crippen LogP contribution in [0.2, 0.25) is 0 Å².